The van der Waals surface area contributed by atoms with Crippen molar-refractivity contribution >= 4 is 0 Å². The minimum Gasteiger partial charge on any atom is -0.496 e. The van der Waals surface area contributed by atoms with E-state index in [0.717, 1.165) is 36.7 Å². The second-order valence-electron chi connectivity index (χ2n) is 4.66. The predicted octanol–water partition coefficient (Wildman–Crippen LogP) is 1.46. The van der Waals surface area contributed by atoms with Crippen LogP contribution in [0.4, 0.5) is 0 Å². The Balaban J connectivity index is 2.09. The summed E-state index contributed by atoms with van der Waals surface area (Å²) < 4.78 is 10.8. The first-order valence-corrected chi connectivity index (χ1v) is 6.40. The van der Waals surface area contributed by atoms with Gasteiger partial charge in [0, 0.05) is 30.3 Å². The van der Waals surface area contributed by atoms with Crippen LogP contribution in [0.25, 0.3) is 0 Å². The van der Waals surface area contributed by atoms with E-state index in [2.05, 4.69) is 16.7 Å². The Morgan fingerprint density at radius 2 is 2.17 bits per heavy atom. The summed E-state index contributed by atoms with van der Waals surface area (Å²) >= 11 is 0. The molecule has 4 heteroatoms. The average molecular weight is 250 g/mol. The van der Waals surface area contributed by atoms with Crippen molar-refractivity contribution in [2.75, 3.05) is 27.3 Å². The van der Waals surface area contributed by atoms with Gasteiger partial charge >= 0.3 is 0 Å². The molecule has 2 N–H and O–H groups in total. The maximum absolute atomic E-state index is 5.50. The van der Waals surface area contributed by atoms with Gasteiger partial charge in [-0.3, -0.25) is 0 Å². The minimum atomic E-state index is 0.567. The monoisotopic (exact) mass is 250 g/mol. The molecule has 4 nitrogen and oxygen atoms in total. The highest BCUT2D eigenvalue weighted by Gasteiger charge is 2.15. The molecule has 0 bridgehead atoms. The molecule has 0 spiro atoms. The molecule has 18 heavy (non-hydrogen) atoms. The zero-order chi connectivity index (χ0) is 13.0. The van der Waals surface area contributed by atoms with Gasteiger partial charge in [0.15, 0.2) is 0 Å². The summed E-state index contributed by atoms with van der Waals surface area (Å²) in [6, 6.07) is 4.64. The van der Waals surface area contributed by atoms with Crippen LogP contribution in [0.15, 0.2) is 12.1 Å². The van der Waals surface area contributed by atoms with E-state index in [4.69, 9.17) is 9.47 Å². The molecule has 1 heterocycles. The maximum Gasteiger partial charge on any atom is 0.129 e. The SMILES string of the molecule is COc1ccc(CNC2CCNC2)c(OC)c1C. The second-order valence-corrected chi connectivity index (χ2v) is 4.66. The molecule has 0 aromatic heterocycles. The van der Waals surface area contributed by atoms with Gasteiger partial charge in [-0.05, 0) is 26.0 Å². The summed E-state index contributed by atoms with van der Waals surface area (Å²) in [6.07, 6.45) is 1.19. The van der Waals surface area contributed by atoms with E-state index in [9.17, 15) is 0 Å². The van der Waals surface area contributed by atoms with Crippen LogP contribution in [0.5, 0.6) is 11.5 Å². The fraction of sp³-hybridized carbons (Fsp3) is 0.571. The number of hydrogen-bond donors (Lipinski definition) is 2. The van der Waals surface area contributed by atoms with Crippen molar-refractivity contribution in [3.8, 4) is 11.5 Å². The van der Waals surface area contributed by atoms with E-state index in [-0.39, 0.29) is 0 Å². The number of rotatable bonds is 5. The number of ether oxygens (including phenoxy) is 2. The summed E-state index contributed by atoms with van der Waals surface area (Å²) in [7, 11) is 3.40. The smallest absolute Gasteiger partial charge is 0.129 e. The van der Waals surface area contributed by atoms with Crippen LogP contribution in [0.1, 0.15) is 17.5 Å². The lowest BCUT2D eigenvalue weighted by Gasteiger charge is -2.17. The van der Waals surface area contributed by atoms with E-state index in [0.29, 0.717) is 6.04 Å². The van der Waals surface area contributed by atoms with Crippen molar-refractivity contribution in [3.05, 3.63) is 23.3 Å². The van der Waals surface area contributed by atoms with Crippen LogP contribution in [0.2, 0.25) is 0 Å². The molecule has 1 atom stereocenters. The third kappa shape index (κ3) is 2.76. The van der Waals surface area contributed by atoms with Crippen molar-refractivity contribution in [2.45, 2.75) is 25.9 Å². The Morgan fingerprint density at radius 3 is 2.78 bits per heavy atom. The number of benzene rings is 1. The van der Waals surface area contributed by atoms with Gasteiger partial charge in [-0.2, -0.15) is 0 Å². The highest BCUT2D eigenvalue weighted by atomic mass is 16.5. The maximum atomic E-state index is 5.50. The van der Waals surface area contributed by atoms with E-state index >= 15 is 0 Å². The van der Waals surface area contributed by atoms with E-state index in [1.807, 2.05) is 13.0 Å². The number of methoxy groups -OCH3 is 2. The van der Waals surface area contributed by atoms with Crippen LogP contribution in [-0.4, -0.2) is 33.4 Å². The second kappa shape index (κ2) is 6.07. The molecule has 1 aromatic carbocycles. The van der Waals surface area contributed by atoms with E-state index < -0.39 is 0 Å². The van der Waals surface area contributed by atoms with Crippen molar-refractivity contribution in [2.24, 2.45) is 0 Å². The average Bonchev–Trinajstić information content (AvgIpc) is 2.89. The van der Waals surface area contributed by atoms with E-state index in [1.54, 1.807) is 14.2 Å². The Hall–Kier alpha value is -1.26. The fourth-order valence-electron chi connectivity index (χ4n) is 2.46. The van der Waals surface area contributed by atoms with Gasteiger partial charge in [0.1, 0.15) is 11.5 Å². The van der Waals surface area contributed by atoms with E-state index in [1.165, 1.54) is 12.0 Å². The van der Waals surface area contributed by atoms with Crippen LogP contribution in [0.3, 0.4) is 0 Å². The van der Waals surface area contributed by atoms with Crippen LogP contribution >= 0.6 is 0 Å². The zero-order valence-corrected chi connectivity index (χ0v) is 11.4. The largest absolute Gasteiger partial charge is 0.496 e. The molecule has 1 fully saturated rings. The number of hydrogen-bond acceptors (Lipinski definition) is 4. The summed E-state index contributed by atoms with van der Waals surface area (Å²) in [5.41, 5.74) is 2.24. The van der Waals surface area contributed by atoms with Gasteiger partial charge in [0.2, 0.25) is 0 Å². The Bertz CT molecular complexity index is 401. The molecule has 1 saturated heterocycles. The molecule has 0 aliphatic carbocycles. The lowest BCUT2D eigenvalue weighted by atomic mass is 10.1. The normalized spacial score (nSPS) is 18.9. The highest BCUT2D eigenvalue weighted by molar-refractivity contribution is 5.49. The molecular formula is C14H22N2O2. The van der Waals surface area contributed by atoms with Crippen molar-refractivity contribution in [1.29, 1.82) is 0 Å². The van der Waals surface area contributed by atoms with Gasteiger partial charge in [-0.25, -0.2) is 0 Å². The topological polar surface area (TPSA) is 42.5 Å². The molecule has 0 saturated carbocycles. The minimum absolute atomic E-state index is 0.567. The summed E-state index contributed by atoms with van der Waals surface area (Å²) in [4.78, 5) is 0. The summed E-state index contributed by atoms with van der Waals surface area (Å²) in [5, 5.41) is 6.91. The molecule has 1 aliphatic heterocycles. The van der Waals surface area contributed by atoms with Crippen LogP contribution in [0, 0.1) is 6.92 Å². The van der Waals surface area contributed by atoms with Gasteiger partial charge in [-0.15, -0.1) is 0 Å². The first-order valence-electron chi connectivity index (χ1n) is 6.40. The quantitative estimate of drug-likeness (QED) is 0.830. The molecule has 1 unspecified atom stereocenters. The zero-order valence-electron chi connectivity index (χ0n) is 11.4. The predicted molar refractivity (Wildman–Crippen MR) is 72.4 cm³/mol. The van der Waals surface area contributed by atoms with Crippen LogP contribution < -0.4 is 20.1 Å². The summed E-state index contributed by atoms with van der Waals surface area (Å²) in [5.74, 6) is 1.80. The first kappa shape index (κ1) is 13.2. The van der Waals surface area contributed by atoms with Gasteiger partial charge < -0.3 is 20.1 Å². The van der Waals surface area contributed by atoms with Crippen molar-refractivity contribution in [3.63, 3.8) is 0 Å². The molecule has 1 aromatic rings. The molecule has 1 aliphatic rings. The lowest BCUT2D eigenvalue weighted by molar-refractivity contribution is 0.383. The van der Waals surface area contributed by atoms with Gasteiger partial charge in [0.25, 0.3) is 0 Å². The Kier molecular flexibility index (Phi) is 4.44. The van der Waals surface area contributed by atoms with Gasteiger partial charge in [0.05, 0.1) is 14.2 Å². The Labute approximate surface area is 109 Å². The molecule has 0 radical (unpaired) electrons. The van der Waals surface area contributed by atoms with Crippen molar-refractivity contribution in [1.82, 2.24) is 10.6 Å². The Morgan fingerprint density at radius 1 is 1.33 bits per heavy atom. The van der Waals surface area contributed by atoms with Crippen LogP contribution in [-0.2, 0) is 6.54 Å². The molecule has 2 rings (SSSR count). The fourth-order valence-corrected chi connectivity index (χ4v) is 2.46. The third-order valence-corrected chi connectivity index (χ3v) is 3.50. The van der Waals surface area contributed by atoms with Crippen molar-refractivity contribution < 1.29 is 9.47 Å². The highest BCUT2D eigenvalue weighted by Crippen LogP contribution is 2.31. The third-order valence-electron chi connectivity index (χ3n) is 3.50. The first-order chi connectivity index (χ1) is 8.76. The molecular weight excluding hydrogens is 228 g/mol. The molecule has 0 amide bonds. The van der Waals surface area contributed by atoms with Gasteiger partial charge in [-0.1, -0.05) is 6.07 Å². The standard InChI is InChI=1S/C14H22N2O2/c1-10-13(17-2)5-4-11(14(10)18-3)8-16-12-6-7-15-9-12/h4-5,12,15-16H,6-9H2,1-3H3. The summed E-state index contributed by atoms with van der Waals surface area (Å²) in [6.45, 7) is 5.02. The lowest BCUT2D eigenvalue weighted by Crippen LogP contribution is -2.30. The number of nitrogens with one attached hydrogen (secondary N) is 2. The molecule has 100 valence electrons.